The standard InChI is InChI=1S/C18H15ClN2O2.C16H11ClN2O3.CH4.Na.H2O/c1-2-17(22)13-5-6-20-16(8-13)11-21-10-14-7-15(19)4-3-12(14)9-18(21)23;17-13-2-1-10-7-15(20)19(8-12(10)5-13)9-14-6-11(16(21)22)3-4-18-14;;;/h3-10H,2,11H2,1H3;1-8H,9H2,(H,21,22);1H4;;1H2/q;;;+1;/p-1. The van der Waals surface area contributed by atoms with Crippen LogP contribution in [0.25, 0.3) is 21.5 Å². The topological polar surface area (TPSA) is 154 Å². The van der Waals surface area contributed by atoms with Crippen LogP contribution in [0.2, 0.25) is 10.0 Å². The predicted octanol–water partition coefficient (Wildman–Crippen LogP) is 3.95. The summed E-state index contributed by atoms with van der Waals surface area (Å²) in [6.45, 7) is 2.33. The van der Waals surface area contributed by atoms with Gasteiger partial charge in [0.05, 0.1) is 30.0 Å². The molecule has 0 radical (unpaired) electrons. The monoisotopic (exact) mass is 696 g/mol. The molecule has 0 aliphatic heterocycles. The molecular formula is C35H31Cl2N4NaO6. The zero-order valence-corrected chi connectivity index (χ0v) is 28.9. The van der Waals surface area contributed by atoms with Gasteiger partial charge in [0.2, 0.25) is 0 Å². The Labute approximate surface area is 308 Å². The fourth-order valence-corrected chi connectivity index (χ4v) is 5.07. The maximum atomic E-state index is 12.2. The number of carbonyl (C=O) groups is 2. The number of fused-ring (bicyclic) bond motifs is 2. The molecule has 0 fully saturated rings. The number of carbonyl (C=O) groups excluding carboxylic acids is 1. The van der Waals surface area contributed by atoms with E-state index in [0.29, 0.717) is 40.0 Å². The first-order chi connectivity index (χ1) is 21.6. The van der Waals surface area contributed by atoms with E-state index in [0.717, 1.165) is 21.5 Å². The van der Waals surface area contributed by atoms with Gasteiger partial charge in [-0.05, 0) is 70.1 Å². The van der Waals surface area contributed by atoms with E-state index >= 15 is 0 Å². The van der Waals surface area contributed by atoms with Gasteiger partial charge in [0.15, 0.2) is 5.78 Å². The molecular weight excluding hydrogens is 666 g/mol. The van der Waals surface area contributed by atoms with E-state index in [1.54, 1.807) is 65.6 Å². The first-order valence-corrected chi connectivity index (χ1v) is 14.6. The Morgan fingerprint density at radius 2 is 1.12 bits per heavy atom. The Morgan fingerprint density at radius 3 is 1.56 bits per heavy atom. The van der Waals surface area contributed by atoms with Crippen molar-refractivity contribution in [2.75, 3.05) is 0 Å². The molecule has 0 aliphatic rings. The minimum absolute atomic E-state index is 0. The second kappa shape index (κ2) is 17.8. The van der Waals surface area contributed by atoms with Crippen LogP contribution in [-0.4, -0.2) is 41.4 Å². The summed E-state index contributed by atoms with van der Waals surface area (Å²) >= 11 is 12.0. The molecule has 6 rings (SSSR count). The molecule has 48 heavy (non-hydrogen) atoms. The second-order valence-corrected chi connectivity index (χ2v) is 11.1. The number of benzene rings is 2. The minimum Gasteiger partial charge on any atom is -0.870 e. The molecule has 0 amide bonds. The van der Waals surface area contributed by atoms with Crippen LogP contribution in [0, 0.1) is 0 Å². The third-order valence-corrected chi connectivity index (χ3v) is 7.47. The maximum Gasteiger partial charge on any atom is 1.00 e. The molecule has 0 bridgehead atoms. The normalized spacial score (nSPS) is 10.1. The number of nitrogens with zero attached hydrogens (tertiary/aromatic N) is 4. The smallest absolute Gasteiger partial charge is 0.870 e. The van der Waals surface area contributed by atoms with Crippen LogP contribution in [0.1, 0.15) is 52.9 Å². The number of carboxylic acid groups (broad SMARTS) is 1. The van der Waals surface area contributed by atoms with Gasteiger partial charge in [0.25, 0.3) is 11.1 Å². The maximum absolute atomic E-state index is 12.2. The Morgan fingerprint density at radius 1 is 0.688 bits per heavy atom. The van der Waals surface area contributed by atoms with Crippen molar-refractivity contribution < 1.29 is 49.7 Å². The second-order valence-electron chi connectivity index (χ2n) is 10.2. The molecule has 2 aromatic carbocycles. The van der Waals surface area contributed by atoms with Gasteiger partial charge in [-0.3, -0.25) is 24.4 Å². The molecule has 0 unspecified atom stereocenters. The zero-order chi connectivity index (χ0) is 32.1. The van der Waals surface area contributed by atoms with Crippen LogP contribution in [0.3, 0.4) is 0 Å². The first kappa shape index (κ1) is 40.0. The Kier molecular flexibility index (Phi) is 14.9. The largest absolute Gasteiger partial charge is 1.00 e. The van der Waals surface area contributed by atoms with Crippen LogP contribution in [0.4, 0.5) is 0 Å². The molecule has 0 saturated carbocycles. The Hall–Kier alpha value is -4.16. The van der Waals surface area contributed by atoms with Gasteiger partial charge < -0.3 is 19.7 Å². The molecule has 4 heterocycles. The summed E-state index contributed by atoms with van der Waals surface area (Å²) in [5.41, 5.74) is 1.64. The number of aromatic carboxylic acids is 1. The summed E-state index contributed by atoms with van der Waals surface area (Å²) in [7, 11) is 0. The first-order valence-electron chi connectivity index (χ1n) is 13.9. The molecule has 13 heteroatoms. The summed E-state index contributed by atoms with van der Waals surface area (Å²) in [6.07, 6.45) is 6.92. The van der Waals surface area contributed by atoms with Crippen LogP contribution in [-0.2, 0) is 13.1 Å². The van der Waals surface area contributed by atoms with E-state index < -0.39 is 5.97 Å². The molecule has 0 spiro atoms. The van der Waals surface area contributed by atoms with Crippen molar-refractivity contribution >= 4 is 56.5 Å². The molecule has 0 saturated heterocycles. The number of rotatable bonds is 7. The van der Waals surface area contributed by atoms with E-state index in [1.807, 2.05) is 19.1 Å². The molecule has 0 aliphatic carbocycles. The van der Waals surface area contributed by atoms with Gasteiger partial charge in [-0.25, -0.2) is 4.79 Å². The van der Waals surface area contributed by atoms with Gasteiger partial charge in [-0.2, -0.15) is 0 Å². The predicted molar refractivity (Wildman–Crippen MR) is 183 cm³/mol. The number of Topliss-reactive ketones (excluding diaryl/α,β-unsaturated/α-hetero) is 1. The van der Waals surface area contributed by atoms with Crippen LogP contribution < -0.4 is 40.7 Å². The van der Waals surface area contributed by atoms with Gasteiger partial charge in [-0.15, -0.1) is 0 Å². The minimum atomic E-state index is -1.03. The molecule has 242 valence electrons. The number of hydrogen-bond donors (Lipinski definition) is 1. The number of hydrogen-bond acceptors (Lipinski definition) is 7. The average Bonchev–Trinajstić information content (AvgIpc) is 3.02. The van der Waals surface area contributed by atoms with E-state index in [9.17, 15) is 19.2 Å². The summed E-state index contributed by atoms with van der Waals surface area (Å²) in [4.78, 5) is 55.5. The van der Waals surface area contributed by atoms with Crippen LogP contribution in [0.15, 0.2) is 107 Å². The summed E-state index contributed by atoms with van der Waals surface area (Å²) in [5, 5.41) is 13.6. The van der Waals surface area contributed by atoms with Gasteiger partial charge in [0.1, 0.15) is 0 Å². The van der Waals surface area contributed by atoms with Crippen molar-refractivity contribution in [2.45, 2.75) is 33.9 Å². The summed E-state index contributed by atoms with van der Waals surface area (Å²) in [5.74, 6) is -0.965. The van der Waals surface area contributed by atoms with Crippen molar-refractivity contribution in [3.8, 4) is 0 Å². The number of aromatic nitrogens is 4. The Bertz CT molecular complexity index is 2200. The molecule has 6 aromatic rings. The van der Waals surface area contributed by atoms with Crippen molar-refractivity contribution in [1.29, 1.82) is 0 Å². The zero-order valence-electron chi connectivity index (χ0n) is 25.4. The van der Waals surface area contributed by atoms with Crippen LogP contribution in [0.5, 0.6) is 0 Å². The van der Waals surface area contributed by atoms with Gasteiger partial charge in [-0.1, -0.05) is 49.7 Å². The van der Waals surface area contributed by atoms with E-state index in [4.69, 9.17) is 28.3 Å². The third kappa shape index (κ3) is 9.93. The third-order valence-electron chi connectivity index (χ3n) is 7.00. The number of pyridine rings is 4. The van der Waals surface area contributed by atoms with Crippen molar-refractivity contribution in [1.82, 2.24) is 19.1 Å². The van der Waals surface area contributed by atoms with Gasteiger partial charge in [0, 0.05) is 58.9 Å². The van der Waals surface area contributed by atoms with E-state index in [2.05, 4.69) is 9.97 Å². The molecule has 10 nitrogen and oxygen atoms in total. The fourth-order valence-electron chi connectivity index (χ4n) is 4.71. The van der Waals surface area contributed by atoms with E-state index in [1.165, 1.54) is 29.0 Å². The average molecular weight is 698 g/mol. The Balaban J connectivity index is 0.000000314. The van der Waals surface area contributed by atoms with Crippen LogP contribution >= 0.6 is 23.2 Å². The summed E-state index contributed by atoms with van der Waals surface area (Å²) in [6, 6.07) is 20.1. The molecule has 4 aromatic heterocycles. The SMILES string of the molecule is C.CCC(=O)c1ccnc(Cn2cc3cc(Cl)ccc3cc2=O)c1.O=C(O)c1ccnc(Cn2cc3cc(Cl)ccc3cc2=O)c1.[Na+].[OH-]. The van der Waals surface area contributed by atoms with Gasteiger partial charge >= 0.3 is 35.5 Å². The van der Waals surface area contributed by atoms with Crippen molar-refractivity contribution in [3.63, 3.8) is 0 Å². The number of carboxylic acids is 1. The fraction of sp³-hybridized carbons (Fsp3) is 0.143. The molecule has 0 atom stereocenters. The van der Waals surface area contributed by atoms with Crippen molar-refractivity contribution in [2.24, 2.45) is 0 Å². The summed E-state index contributed by atoms with van der Waals surface area (Å²) < 4.78 is 3.05. The number of halogens is 2. The molecule has 2 N–H and O–H groups in total. The number of ketones is 1. The quantitative estimate of drug-likeness (QED) is 0.194. The van der Waals surface area contributed by atoms with E-state index in [-0.39, 0.29) is 71.5 Å². The van der Waals surface area contributed by atoms with Crippen molar-refractivity contribution in [3.05, 3.63) is 151 Å².